The second-order valence-corrected chi connectivity index (χ2v) is 1.54. The molecule has 0 aliphatic heterocycles. The Kier molecular flexibility index (Phi) is 11.9. The molecule has 0 spiro atoms. The van der Waals surface area contributed by atoms with Crippen molar-refractivity contribution in [3.63, 3.8) is 0 Å². The van der Waals surface area contributed by atoms with Gasteiger partial charge in [0.15, 0.2) is 0 Å². The Morgan fingerprint density at radius 2 is 1.00 bits per heavy atom. The maximum atomic E-state index is 8.88. The minimum absolute atomic E-state index is 0. The van der Waals surface area contributed by atoms with Gasteiger partial charge < -0.3 is 14.7 Å². The van der Waals surface area contributed by atoms with Crippen molar-refractivity contribution in [2.24, 2.45) is 0 Å². The molecule has 0 amide bonds. The standard InChI is InChI=1S/2Cu.H3O4P/c;;1-5(2,3)4/h;;(H3,1,2,3,4). The van der Waals surface area contributed by atoms with Gasteiger partial charge in [-0.25, -0.2) is 4.57 Å². The summed E-state index contributed by atoms with van der Waals surface area (Å²) in [5.41, 5.74) is 0. The first-order valence-electron chi connectivity index (χ1n) is 0.783. The molecule has 0 rings (SSSR count). The van der Waals surface area contributed by atoms with E-state index >= 15 is 0 Å². The predicted octanol–water partition coefficient (Wildman–Crippen LogP) is -0.934. The van der Waals surface area contributed by atoms with Gasteiger partial charge in [-0.2, -0.15) is 0 Å². The summed E-state index contributed by atoms with van der Waals surface area (Å²) in [6.45, 7) is 0. The van der Waals surface area contributed by atoms with Crippen molar-refractivity contribution in [2.75, 3.05) is 0 Å². The summed E-state index contributed by atoms with van der Waals surface area (Å²) in [7, 11) is -4.64. The maximum Gasteiger partial charge on any atom is 0.466 e. The van der Waals surface area contributed by atoms with Crippen LogP contribution in [-0.2, 0) is 38.7 Å². The zero-order chi connectivity index (χ0) is 4.50. The van der Waals surface area contributed by atoms with Gasteiger partial charge in [0.25, 0.3) is 0 Å². The molecule has 0 aromatic rings. The topological polar surface area (TPSA) is 77.8 Å². The summed E-state index contributed by atoms with van der Waals surface area (Å²) in [5, 5.41) is 0. The normalized spacial score (nSPS) is 8.43. The SMILES string of the molecule is O=P(O)(O)O.[Cu].[Cu]. The van der Waals surface area contributed by atoms with Gasteiger partial charge in [0.2, 0.25) is 0 Å². The first-order chi connectivity index (χ1) is 2.00. The summed E-state index contributed by atoms with van der Waals surface area (Å²) >= 11 is 0. The van der Waals surface area contributed by atoms with E-state index in [-0.39, 0.29) is 34.1 Å². The van der Waals surface area contributed by atoms with E-state index in [0.717, 1.165) is 0 Å². The number of phosphoric acid groups is 1. The molecule has 54 valence electrons. The minimum atomic E-state index is -4.64. The fraction of sp³-hybridized carbons (Fsp3) is 0. The second-order valence-electron chi connectivity index (χ2n) is 0.513. The second kappa shape index (κ2) is 5.29. The molecule has 3 N–H and O–H groups in total. The first kappa shape index (κ1) is 15.7. The van der Waals surface area contributed by atoms with Gasteiger partial charge in [0.1, 0.15) is 0 Å². The van der Waals surface area contributed by atoms with Crippen LogP contribution < -0.4 is 0 Å². The molecule has 4 nitrogen and oxygen atoms in total. The van der Waals surface area contributed by atoms with Crippen molar-refractivity contribution < 1.29 is 53.4 Å². The summed E-state index contributed by atoms with van der Waals surface area (Å²) in [6, 6.07) is 0. The molecule has 0 atom stereocenters. The average molecular weight is 225 g/mol. The summed E-state index contributed by atoms with van der Waals surface area (Å²) in [6.07, 6.45) is 0. The Morgan fingerprint density at radius 3 is 1.00 bits per heavy atom. The maximum absolute atomic E-state index is 8.88. The zero-order valence-electron chi connectivity index (χ0n) is 2.80. The molecule has 0 aliphatic rings. The van der Waals surface area contributed by atoms with Crippen molar-refractivity contribution in [1.29, 1.82) is 0 Å². The van der Waals surface area contributed by atoms with Crippen LogP contribution in [0, 0.1) is 0 Å². The molecular formula is H3Cu2O4P. The van der Waals surface area contributed by atoms with Gasteiger partial charge >= 0.3 is 7.82 Å². The molecule has 7 heavy (non-hydrogen) atoms. The minimum Gasteiger partial charge on any atom is -0.303 e. The van der Waals surface area contributed by atoms with Crippen LogP contribution in [0.25, 0.3) is 0 Å². The van der Waals surface area contributed by atoms with E-state index in [1.54, 1.807) is 0 Å². The van der Waals surface area contributed by atoms with E-state index in [1.165, 1.54) is 0 Å². The molecule has 7 heteroatoms. The van der Waals surface area contributed by atoms with Crippen LogP contribution in [0.5, 0.6) is 0 Å². The van der Waals surface area contributed by atoms with Gasteiger partial charge in [-0.05, 0) is 0 Å². The molecule has 0 fully saturated rings. The van der Waals surface area contributed by atoms with Crippen LogP contribution in [0.15, 0.2) is 0 Å². The summed E-state index contributed by atoms with van der Waals surface area (Å²) in [5.74, 6) is 0. The molecule has 0 saturated carbocycles. The van der Waals surface area contributed by atoms with Gasteiger partial charge in [-0.1, -0.05) is 0 Å². The third-order valence-electron chi connectivity index (χ3n) is 0. The van der Waals surface area contributed by atoms with Gasteiger partial charge in [-0.15, -0.1) is 0 Å². The van der Waals surface area contributed by atoms with Crippen molar-refractivity contribution in [1.82, 2.24) is 0 Å². The molecule has 0 unspecified atom stereocenters. The van der Waals surface area contributed by atoms with Crippen molar-refractivity contribution in [3.05, 3.63) is 0 Å². The van der Waals surface area contributed by atoms with Gasteiger partial charge in [0.05, 0.1) is 0 Å². The van der Waals surface area contributed by atoms with E-state index in [4.69, 9.17) is 19.2 Å². The van der Waals surface area contributed by atoms with E-state index in [2.05, 4.69) is 0 Å². The molecule has 0 saturated heterocycles. The van der Waals surface area contributed by atoms with Crippen molar-refractivity contribution in [3.8, 4) is 0 Å². The van der Waals surface area contributed by atoms with Crippen LogP contribution in [0.4, 0.5) is 0 Å². The van der Waals surface area contributed by atoms with Crippen LogP contribution in [0.2, 0.25) is 0 Å². The smallest absolute Gasteiger partial charge is 0.303 e. The number of hydrogen-bond acceptors (Lipinski definition) is 1. The third kappa shape index (κ3) is 144. The third-order valence-corrected chi connectivity index (χ3v) is 0. The fourth-order valence-electron chi connectivity index (χ4n) is 0. The first-order valence-corrected chi connectivity index (χ1v) is 2.35. The Bertz CT molecular complexity index is 55.8. The van der Waals surface area contributed by atoms with Gasteiger partial charge in [0, 0.05) is 34.1 Å². The number of hydrogen-bond donors (Lipinski definition) is 3. The molecule has 0 aromatic carbocycles. The van der Waals surface area contributed by atoms with E-state index in [0.29, 0.717) is 0 Å². The van der Waals surface area contributed by atoms with Crippen LogP contribution in [0.1, 0.15) is 0 Å². The predicted molar refractivity (Wildman–Crippen MR) is 14.3 cm³/mol. The average Bonchev–Trinajstić information content (AvgIpc) is 0.722. The van der Waals surface area contributed by atoms with Gasteiger partial charge in [-0.3, -0.25) is 0 Å². The van der Waals surface area contributed by atoms with Crippen LogP contribution in [0.3, 0.4) is 0 Å². The Labute approximate surface area is 61.5 Å². The monoisotopic (exact) mass is 224 g/mol. The molecule has 0 bridgehead atoms. The summed E-state index contributed by atoms with van der Waals surface area (Å²) in [4.78, 5) is 21.6. The van der Waals surface area contributed by atoms with E-state index in [9.17, 15) is 0 Å². The molecule has 0 aromatic heterocycles. The number of rotatable bonds is 0. The van der Waals surface area contributed by atoms with Crippen molar-refractivity contribution >= 4 is 7.82 Å². The largest absolute Gasteiger partial charge is 0.466 e. The Hall–Kier alpha value is 1.15. The summed E-state index contributed by atoms with van der Waals surface area (Å²) < 4.78 is 8.88. The molecule has 0 heterocycles. The zero-order valence-corrected chi connectivity index (χ0v) is 5.58. The Balaban J connectivity index is -0.0000000800. The molecular weight excluding hydrogens is 222 g/mol. The Morgan fingerprint density at radius 1 is 1.00 bits per heavy atom. The molecule has 2 radical (unpaired) electrons. The van der Waals surface area contributed by atoms with Crippen LogP contribution >= 0.6 is 7.82 Å². The van der Waals surface area contributed by atoms with E-state index in [1.807, 2.05) is 0 Å². The van der Waals surface area contributed by atoms with E-state index < -0.39 is 7.82 Å². The quantitative estimate of drug-likeness (QED) is 0.367. The van der Waals surface area contributed by atoms with Crippen LogP contribution in [-0.4, -0.2) is 14.7 Å². The molecule has 0 aliphatic carbocycles. The van der Waals surface area contributed by atoms with Crippen molar-refractivity contribution in [2.45, 2.75) is 0 Å². The fourth-order valence-corrected chi connectivity index (χ4v) is 0.